The van der Waals surface area contributed by atoms with E-state index in [0.29, 0.717) is 35.4 Å². The smallest absolute Gasteiger partial charge is 0.329 e. The summed E-state index contributed by atoms with van der Waals surface area (Å²) in [5.41, 5.74) is 6.40. The number of methoxy groups -OCH3 is 1. The molecule has 0 atom stereocenters. The highest BCUT2D eigenvalue weighted by molar-refractivity contribution is 7.13. The summed E-state index contributed by atoms with van der Waals surface area (Å²) < 4.78 is 12.2. The predicted octanol–water partition coefficient (Wildman–Crippen LogP) is 2.34. The fourth-order valence-corrected chi connectivity index (χ4v) is 3.55. The maximum Gasteiger partial charge on any atom is 0.329 e. The van der Waals surface area contributed by atoms with Gasteiger partial charge in [0.05, 0.1) is 19.4 Å². The Hall–Kier alpha value is -3.07. The summed E-state index contributed by atoms with van der Waals surface area (Å²) in [7, 11) is 1.57. The first kappa shape index (κ1) is 18.7. The molecule has 0 saturated carbocycles. The number of nitrogens with zero attached hydrogens (tertiary/aromatic N) is 2. The third kappa shape index (κ3) is 3.45. The van der Waals surface area contributed by atoms with Crippen molar-refractivity contribution in [1.82, 2.24) is 14.5 Å². The lowest BCUT2D eigenvalue weighted by molar-refractivity contribution is 0.311. The van der Waals surface area contributed by atoms with Crippen LogP contribution in [-0.4, -0.2) is 28.3 Å². The molecule has 0 aliphatic rings. The van der Waals surface area contributed by atoms with Crippen LogP contribution in [0.25, 0.3) is 21.8 Å². The summed E-state index contributed by atoms with van der Waals surface area (Å²) in [5, 5.41) is 2.43. The lowest BCUT2D eigenvalue weighted by Crippen LogP contribution is -2.32. The average Bonchev–Trinajstić information content (AvgIpc) is 3.12. The fraction of sp³-hybridized carbons (Fsp3) is 0.278. The zero-order chi connectivity index (χ0) is 19.6. The maximum atomic E-state index is 12.3. The van der Waals surface area contributed by atoms with Gasteiger partial charge in [0.2, 0.25) is 0 Å². The number of benzene rings is 1. The van der Waals surface area contributed by atoms with Gasteiger partial charge in [-0.3, -0.25) is 14.3 Å². The van der Waals surface area contributed by atoms with E-state index in [2.05, 4.69) is 9.97 Å². The highest BCUT2D eigenvalue weighted by atomic mass is 32.1. The highest BCUT2D eigenvalue weighted by Crippen LogP contribution is 2.35. The van der Waals surface area contributed by atoms with Crippen LogP contribution in [0.1, 0.15) is 13.8 Å². The van der Waals surface area contributed by atoms with Crippen molar-refractivity contribution in [3.8, 4) is 33.3 Å². The maximum absolute atomic E-state index is 12.3. The van der Waals surface area contributed by atoms with Crippen LogP contribution in [0, 0.1) is 0 Å². The van der Waals surface area contributed by atoms with Crippen LogP contribution in [0.2, 0.25) is 0 Å². The van der Waals surface area contributed by atoms with Crippen LogP contribution in [0.5, 0.6) is 11.5 Å². The van der Waals surface area contributed by atoms with Gasteiger partial charge in [0, 0.05) is 17.5 Å². The Morgan fingerprint density at radius 1 is 1.26 bits per heavy atom. The van der Waals surface area contributed by atoms with E-state index >= 15 is 0 Å². The molecule has 1 aromatic carbocycles. The van der Waals surface area contributed by atoms with Crippen molar-refractivity contribution in [2.45, 2.75) is 20.4 Å². The van der Waals surface area contributed by atoms with Crippen molar-refractivity contribution in [2.24, 2.45) is 0 Å². The molecule has 8 nitrogen and oxygen atoms in total. The van der Waals surface area contributed by atoms with Gasteiger partial charge in [0.15, 0.2) is 11.5 Å². The number of hydrogen-bond acceptors (Lipinski definition) is 7. The number of rotatable bonds is 6. The van der Waals surface area contributed by atoms with Crippen molar-refractivity contribution in [2.75, 3.05) is 19.5 Å². The Morgan fingerprint density at radius 3 is 2.70 bits per heavy atom. The van der Waals surface area contributed by atoms with Crippen molar-refractivity contribution >= 4 is 17.2 Å². The third-order valence-corrected chi connectivity index (χ3v) is 4.92. The van der Waals surface area contributed by atoms with E-state index in [0.717, 1.165) is 5.56 Å². The molecule has 3 N–H and O–H groups in total. The Labute approximate surface area is 159 Å². The van der Waals surface area contributed by atoms with Gasteiger partial charge in [-0.2, -0.15) is 0 Å². The van der Waals surface area contributed by atoms with Crippen molar-refractivity contribution in [3.05, 3.63) is 44.4 Å². The Morgan fingerprint density at radius 2 is 2.04 bits per heavy atom. The van der Waals surface area contributed by atoms with E-state index in [4.69, 9.17) is 15.2 Å². The quantitative estimate of drug-likeness (QED) is 0.670. The van der Waals surface area contributed by atoms with Crippen molar-refractivity contribution in [3.63, 3.8) is 0 Å². The normalized spacial score (nSPS) is 10.8. The molecular weight excluding hydrogens is 368 g/mol. The zero-order valence-electron chi connectivity index (χ0n) is 15.2. The molecule has 0 aliphatic heterocycles. The summed E-state index contributed by atoms with van der Waals surface area (Å²) in [4.78, 5) is 30.9. The number of ether oxygens (including phenoxy) is 2. The number of H-pyrrole nitrogens is 1. The standard InChI is InChI=1S/C18H20N4O4S/c1-4-22-15(19)14(16(23)21-18(22)24)11-9-27-17(20-11)10-6-7-12(26-5-2)13(8-10)25-3/h6-9H,4-5,19H2,1-3H3,(H,21,23,24). The number of nitrogen functional groups attached to an aromatic ring is 1. The SMILES string of the molecule is CCOc1ccc(-c2nc(-c3c(N)n(CC)c(=O)[nH]c3=O)cs2)cc1OC. The lowest BCUT2D eigenvalue weighted by Gasteiger charge is -2.10. The molecule has 3 rings (SSSR count). The number of thiazole rings is 1. The topological polar surface area (TPSA) is 112 Å². The molecule has 0 unspecified atom stereocenters. The Bertz CT molecular complexity index is 1080. The predicted molar refractivity (Wildman–Crippen MR) is 106 cm³/mol. The lowest BCUT2D eigenvalue weighted by atomic mass is 10.2. The van der Waals surface area contributed by atoms with Gasteiger partial charge in [-0.1, -0.05) is 0 Å². The monoisotopic (exact) mass is 388 g/mol. The molecule has 0 bridgehead atoms. The van der Waals surface area contributed by atoms with Crippen LogP contribution in [-0.2, 0) is 6.54 Å². The van der Waals surface area contributed by atoms with Gasteiger partial charge in [0.1, 0.15) is 16.4 Å². The van der Waals surface area contributed by atoms with Gasteiger partial charge in [-0.25, -0.2) is 9.78 Å². The zero-order valence-corrected chi connectivity index (χ0v) is 16.1. The molecule has 0 spiro atoms. The van der Waals surface area contributed by atoms with Crippen molar-refractivity contribution < 1.29 is 9.47 Å². The first-order valence-corrected chi connectivity index (χ1v) is 9.27. The van der Waals surface area contributed by atoms with E-state index in [-0.39, 0.29) is 11.4 Å². The molecule has 0 radical (unpaired) electrons. The molecule has 2 heterocycles. The average molecular weight is 388 g/mol. The van der Waals surface area contributed by atoms with E-state index in [1.54, 1.807) is 19.4 Å². The second kappa shape index (κ2) is 7.67. The molecule has 0 aliphatic carbocycles. The number of hydrogen-bond donors (Lipinski definition) is 2. The van der Waals surface area contributed by atoms with Gasteiger partial charge in [0.25, 0.3) is 5.56 Å². The number of nitrogens with two attached hydrogens (primary N) is 1. The molecule has 27 heavy (non-hydrogen) atoms. The summed E-state index contributed by atoms with van der Waals surface area (Å²) in [6.07, 6.45) is 0. The van der Waals surface area contributed by atoms with Gasteiger partial charge in [-0.05, 0) is 32.0 Å². The Kier molecular flexibility index (Phi) is 5.31. The molecule has 2 aromatic heterocycles. The number of aromatic nitrogens is 3. The third-order valence-electron chi connectivity index (χ3n) is 4.03. The van der Waals surface area contributed by atoms with Crippen LogP contribution >= 0.6 is 11.3 Å². The molecular formula is C18H20N4O4S. The molecule has 0 saturated heterocycles. The van der Waals surface area contributed by atoms with E-state index in [1.807, 2.05) is 25.1 Å². The number of nitrogens with one attached hydrogen (secondary N) is 1. The minimum atomic E-state index is -0.552. The largest absolute Gasteiger partial charge is 0.493 e. The summed E-state index contributed by atoms with van der Waals surface area (Å²) in [5.74, 6) is 1.35. The number of aromatic amines is 1. The molecule has 0 fully saturated rings. The van der Waals surface area contributed by atoms with Crippen LogP contribution in [0.15, 0.2) is 33.2 Å². The highest BCUT2D eigenvalue weighted by Gasteiger charge is 2.17. The Balaban J connectivity index is 2.06. The second-order valence-corrected chi connectivity index (χ2v) is 6.46. The first-order chi connectivity index (χ1) is 13.0. The number of anilines is 1. The molecule has 9 heteroatoms. The van der Waals surface area contributed by atoms with Gasteiger partial charge >= 0.3 is 5.69 Å². The van der Waals surface area contributed by atoms with E-state index < -0.39 is 11.2 Å². The van der Waals surface area contributed by atoms with E-state index in [1.165, 1.54) is 15.9 Å². The van der Waals surface area contributed by atoms with Gasteiger partial charge in [-0.15, -0.1) is 11.3 Å². The van der Waals surface area contributed by atoms with Gasteiger partial charge < -0.3 is 15.2 Å². The molecule has 3 aromatic rings. The van der Waals surface area contributed by atoms with Crippen LogP contribution in [0.4, 0.5) is 5.82 Å². The fourth-order valence-electron chi connectivity index (χ4n) is 2.75. The first-order valence-electron chi connectivity index (χ1n) is 8.39. The minimum Gasteiger partial charge on any atom is -0.493 e. The summed E-state index contributed by atoms with van der Waals surface area (Å²) in [6.45, 7) is 4.56. The summed E-state index contributed by atoms with van der Waals surface area (Å²) >= 11 is 1.37. The minimum absolute atomic E-state index is 0.104. The second-order valence-electron chi connectivity index (χ2n) is 5.60. The molecule has 142 valence electrons. The molecule has 0 amide bonds. The van der Waals surface area contributed by atoms with Crippen LogP contribution in [0.3, 0.4) is 0 Å². The van der Waals surface area contributed by atoms with E-state index in [9.17, 15) is 9.59 Å². The summed E-state index contributed by atoms with van der Waals surface area (Å²) in [6, 6.07) is 5.52. The van der Waals surface area contributed by atoms with Crippen molar-refractivity contribution in [1.29, 1.82) is 0 Å². The van der Waals surface area contributed by atoms with Crippen LogP contribution < -0.4 is 26.5 Å².